The highest BCUT2D eigenvalue weighted by Gasteiger charge is 2.26. The van der Waals surface area contributed by atoms with E-state index < -0.39 is 0 Å². The van der Waals surface area contributed by atoms with E-state index in [4.69, 9.17) is 6.42 Å². The summed E-state index contributed by atoms with van der Waals surface area (Å²) in [6, 6.07) is 40.5. The quantitative estimate of drug-likeness (QED) is 0.0954. The zero-order valence-electron chi connectivity index (χ0n) is 41.2. The summed E-state index contributed by atoms with van der Waals surface area (Å²) < 4.78 is 28.0. The van der Waals surface area contributed by atoms with Gasteiger partial charge in [-0.05, 0) is 223 Å². The molecule has 0 saturated heterocycles. The molecule has 0 atom stereocenters. The van der Waals surface area contributed by atoms with E-state index in [0.29, 0.717) is 21.9 Å². The predicted molar refractivity (Wildman–Crippen MR) is 291 cm³/mol. The number of aryl methyl sites for hydroxylation is 4. The van der Waals surface area contributed by atoms with Crippen molar-refractivity contribution in [2.75, 3.05) is 0 Å². The molecule has 0 radical (unpaired) electrons. The summed E-state index contributed by atoms with van der Waals surface area (Å²) in [6.07, 6.45) is 24.0. The minimum atomic E-state index is -0.230. The molecule has 2 aliphatic carbocycles. The third-order valence-corrected chi connectivity index (χ3v) is 13.2. The standard InChI is InChI=1S/C33H33F.C23H22.C10H12BrF/c1-3-5-7-25-9-11-26(12-10-25)13-17-29-18-14-28(23-32(29)30-21-22-30)16-20-31-19-15-27(8-6-4-2)24-33(31)34;1-3-5-6-19-7-9-20(10-8-19)12-14-21-13-11-18(4-2)17-23(21)22-15-16-22;1-2-3-4-8-5-6-9(11)10(12)7-8/h9-12,14-15,18-19,23-24,30H,3-8,21-22H2,1-2H3;2,7-11,13,17,22H,3,5-6,15-16H2,1H3;5-7H,2-4H2,1H3. The van der Waals surface area contributed by atoms with Gasteiger partial charge in [0.2, 0.25) is 0 Å². The summed E-state index contributed by atoms with van der Waals surface area (Å²) in [7, 11) is 0. The summed E-state index contributed by atoms with van der Waals surface area (Å²) in [5, 5.41) is 0. The van der Waals surface area contributed by atoms with Crippen LogP contribution < -0.4 is 0 Å². The van der Waals surface area contributed by atoms with Crippen molar-refractivity contribution in [3.05, 3.63) is 210 Å². The second-order valence-electron chi connectivity index (χ2n) is 18.4. The van der Waals surface area contributed by atoms with Gasteiger partial charge in [0, 0.05) is 33.4 Å². The highest BCUT2D eigenvalue weighted by molar-refractivity contribution is 9.10. The van der Waals surface area contributed by atoms with Crippen molar-refractivity contribution in [1.82, 2.24) is 0 Å². The number of hydrogen-bond acceptors (Lipinski definition) is 0. The molecule has 0 nitrogen and oxygen atoms in total. The van der Waals surface area contributed by atoms with E-state index in [1.165, 1.54) is 73.6 Å². The fourth-order valence-electron chi connectivity index (χ4n) is 7.95. The largest absolute Gasteiger partial charge is 0.206 e. The molecule has 0 aromatic heterocycles. The Morgan fingerprint density at radius 2 is 0.783 bits per heavy atom. The molecule has 2 saturated carbocycles. The number of terminal acetylenes is 1. The molecule has 0 bridgehead atoms. The Kier molecular flexibility index (Phi) is 21.0. The topological polar surface area (TPSA) is 0 Å². The van der Waals surface area contributed by atoms with Gasteiger partial charge in [-0.2, -0.15) is 0 Å². The molecule has 0 heterocycles. The third-order valence-electron chi connectivity index (χ3n) is 12.5. The van der Waals surface area contributed by atoms with Crippen LogP contribution in [0, 0.1) is 59.5 Å². The van der Waals surface area contributed by atoms with Crippen molar-refractivity contribution in [3.8, 4) is 47.9 Å². The number of hydrogen-bond donors (Lipinski definition) is 0. The van der Waals surface area contributed by atoms with Crippen LogP contribution in [-0.4, -0.2) is 0 Å². The highest BCUT2D eigenvalue weighted by atomic mass is 79.9. The average Bonchev–Trinajstić information content (AvgIpc) is 4.33. The van der Waals surface area contributed by atoms with Crippen molar-refractivity contribution in [3.63, 3.8) is 0 Å². The molecule has 2 fully saturated rings. The Hall–Kier alpha value is -6.10. The van der Waals surface area contributed by atoms with Crippen LogP contribution in [0.1, 0.15) is 189 Å². The Labute approximate surface area is 422 Å². The van der Waals surface area contributed by atoms with E-state index >= 15 is 0 Å². The fraction of sp³-hybridized carbons (Fsp3) is 0.333. The summed E-state index contributed by atoms with van der Waals surface area (Å²) >= 11 is 3.12. The first-order valence-electron chi connectivity index (χ1n) is 25.4. The maximum Gasteiger partial charge on any atom is 0.139 e. The molecule has 352 valence electrons. The molecular formula is C66H67BrF2. The number of unbranched alkanes of at least 4 members (excludes halogenated alkanes) is 4. The van der Waals surface area contributed by atoms with Crippen molar-refractivity contribution in [1.29, 1.82) is 0 Å². The summed E-state index contributed by atoms with van der Waals surface area (Å²) in [5.41, 5.74) is 14.2. The van der Waals surface area contributed by atoms with Crippen LogP contribution in [0.3, 0.4) is 0 Å². The first-order valence-corrected chi connectivity index (χ1v) is 26.2. The van der Waals surface area contributed by atoms with Gasteiger partial charge in [0.15, 0.2) is 0 Å². The number of rotatable bonds is 14. The lowest BCUT2D eigenvalue weighted by Crippen LogP contribution is -1.91. The van der Waals surface area contributed by atoms with Gasteiger partial charge in [0.25, 0.3) is 0 Å². The molecule has 8 rings (SSSR count). The Bertz CT molecular complexity index is 2830. The van der Waals surface area contributed by atoms with Crippen LogP contribution >= 0.6 is 15.9 Å². The van der Waals surface area contributed by atoms with Gasteiger partial charge in [-0.25, -0.2) is 8.78 Å². The molecule has 0 unspecified atom stereocenters. The van der Waals surface area contributed by atoms with Gasteiger partial charge >= 0.3 is 0 Å². The lowest BCUT2D eigenvalue weighted by Gasteiger charge is -2.04. The van der Waals surface area contributed by atoms with Gasteiger partial charge in [0.1, 0.15) is 11.6 Å². The average molecular weight is 978 g/mol. The predicted octanol–water partition coefficient (Wildman–Crippen LogP) is 17.4. The van der Waals surface area contributed by atoms with E-state index in [2.05, 4.69) is 158 Å². The van der Waals surface area contributed by atoms with Gasteiger partial charge in [-0.3, -0.25) is 0 Å². The van der Waals surface area contributed by atoms with E-state index in [0.717, 1.165) is 95.9 Å². The smallest absolute Gasteiger partial charge is 0.139 e. The lowest BCUT2D eigenvalue weighted by molar-refractivity contribution is 0.617. The van der Waals surface area contributed by atoms with Crippen LogP contribution in [0.15, 0.2) is 126 Å². The first kappa shape index (κ1) is 52.3. The summed E-state index contributed by atoms with van der Waals surface area (Å²) in [4.78, 5) is 0. The van der Waals surface area contributed by atoms with E-state index in [1.54, 1.807) is 18.2 Å². The van der Waals surface area contributed by atoms with E-state index in [9.17, 15) is 8.78 Å². The van der Waals surface area contributed by atoms with Gasteiger partial charge in [-0.15, -0.1) is 6.42 Å². The zero-order chi connectivity index (χ0) is 48.8. The molecule has 6 aromatic rings. The molecule has 3 heteroatoms. The van der Waals surface area contributed by atoms with Crippen molar-refractivity contribution >= 4 is 15.9 Å². The number of halogens is 3. The Morgan fingerprint density at radius 3 is 1.22 bits per heavy atom. The normalized spacial score (nSPS) is 12.3. The van der Waals surface area contributed by atoms with Crippen LogP contribution in [-0.2, 0) is 25.7 Å². The van der Waals surface area contributed by atoms with Gasteiger partial charge in [0.05, 0.1) is 10.0 Å². The van der Waals surface area contributed by atoms with Gasteiger partial charge < -0.3 is 0 Å². The maximum atomic E-state index is 14.5. The lowest BCUT2D eigenvalue weighted by atomic mass is 9.99. The second-order valence-corrected chi connectivity index (χ2v) is 19.3. The molecule has 2 aliphatic rings. The van der Waals surface area contributed by atoms with Crippen LogP contribution in [0.4, 0.5) is 8.78 Å². The van der Waals surface area contributed by atoms with Crippen LogP contribution in [0.5, 0.6) is 0 Å². The Morgan fingerprint density at radius 1 is 0.420 bits per heavy atom. The zero-order valence-corrected chi connectivity index (χ0v) is 42.8. The van der Waals surface area contributed by atoms with Crippen molar-refractivity contribution < 1.29 is 8.78 Å². The Balaban J connectivity index is 0.000000191. The molecule has 0 N–H and O–H groups in total. The van der Waals surface area contributed by atoms with Crippen molar-refractivity contribution in [2.45, 2.75) is 142 Å². The summed E-state index contributed by atoms with van der Waals surface area (Å²) in [6.45, 7) is 8.73. The third kappa shape index (κ3) is 17.4. The molecular weight excluding hydrogens is 911 g/mol. The minimum Gasteiger partial charge on any atom is -0.206 e. The molecule has 69 heavy (non-hydrogen) atoms. The number of benzene rings is 6. The molecule has 0 amide bonds. The van der Waals surface area contributed by atoms with Gasteiger partial charge in [-0.1, -0.05) is 131 Å². The molecule has 0 spiro atoms. The minimum absolute atomic E-state index is 0.163. The van der Waals surface area contributed by atoms with Crippen LogP contribution in [0.25, 0.3) is 0 Å². The molecule has 0 aliphatic heterocycles. The maximum absolute atomic E-state index is 14.5. The van der Waals surface area contributed by atoms with Crippen LogP contribution in [0.2, 0.25) is 0 Å². The van der Waals surface area contributed by atoms with Crippen molar-refractivity contribution in [2.24, 2.45) is 0 Å². The second kappa shape index (κ2) is 27.8. The van der Waals surface area contributed by atoms with E-state index in [-0.39, 0.29) is 11.6 Å². The fourth-order valence-corrected chi connectivity index (χ4v) is 8.19. The SMILES string of the molecule is C#Cc1ccc(C#Cc2ccc(CCCC)cc2)c(C2CC2)c1.CCCCc1ccc(Br)c(F)c1.CCCCc1ccc(C#Cc2ccc(C#Cc3ccc(CCCC)cc3F)cc2C2CC2)cc1. The monoisotopic (exact) mass is 976 g/mol. The van der Waals surface area contributed by atoms with E-state index in [1.807, 2.05) is 30.3 Å². The summed E-state index contributed by atoms with van der Waals surface area (Å²) in [5.74, 6) is 23.1. The first-order chi connectivity index (χ1) is 33.7. The molecule has 6 aromatic carbocycles. The highest BCUT2D eigenvalue weighted by Crippen LogP contribution is 2.42.